The molecule has 152 valence electrons. The fourth-order valence-corrected chi connectivity index (χ4v) is 4.61. The maximum Gasteiger partial charge on any atom is 0.243 e. The van der Waals surface area contributed by atoms with E-state index in [-0.39, 0.29) is 23.3 Å². The minimum absolute atomic E-state index is 0.113. The summed E-state index contributed by atoms with van der Waals surface area (Å²) in [6, 6.07) is 4.50. The minimum atomic E-state index is -3.72. The van der Waals surface area contributed by atoms with Gasteiger partial charge in [0.15, 0.2) is 11.5 Å². The molecule has 0 aliphatic carbocycles. The normalized spacial score (nSPS) is 18.1. The minimum Gasteiger partial charge on any atom is -0.493 e. The number of carbonyl (C=O) groups is 1. The summed E-state index contributed by atoms with van der Waals surface area (Å²) in [4.78, 5) is 12.5. The molecule has 0 unspecified atom stereocenters. The lowest BCUT2D eigenvalue weighted by atomic mass is 9.99. The predicted octanol–water partition coefficient (Wildman–Crippen LogP) is 1.26. The molecule has 1 atom stereocenters. The molecule has 0 saturated carbocycles. The van der Waals surface area contributed by atoms with Gasteiger partial charge < -0.3 is 19.5 Å². The molecule has 1 aliphatic rings. The quantitative estimate of drug-likeness (QED) is 0.627. The zero-order valence-electron chi connectivity index (χ0n) is 16.1. The maximum absolute atomic E-state index is 13.0. The van der Waals surface area contributed by atoms with Crippen LogP contribution in [0.2, 0.25) is 0 Å². The molecule has 0 aromatic heterocycles. The Morgan fingerprint density at radius 2 is 1.96 bits per heavy atom. The van der Waals surface area contributed by atoms with Gasteiger partial charge in [0.1, 0.15) is 0 Å². The van der Waals surface area contributed by atoms with Crippen molar-refractivity contribution < 1.29 is 27.4 Å². The average Bonchev–Trinajstić information content (AvgIpc) is 2.70. The van der Waals surface area contributed by atoms with E-state index >= 15 is 0 Å². The number of nitrogens with zero attached hydrogens (tertiary/aromatic N) is 1. The van der Waals surface area contributed by atoms with Crippen molar-refractivity contribution in [3.05, 3.63) is 18.2 Å². The van der Waals surface area contributed by atoms with Crippen LogP contribution >= 0.6 is 0 Å². The monoisotopic (exact) mass is 400 g/mol. The van der Waals surface area contributed by atoms with Crippen LogP contribution < -0.4 is 14.8 Å². The third-order valence-electron chi connectivity index (χ3n) is 4.57. The molecule has 2 rings (SSSR count). The van der Waals surface area contributed by atoms with Gasteiger partial charge in [-0.25, -0.2) is 8.42 Å². The van der Waals surface area contributed by atoms with Crippen molar-refractivity contribution >= 4 is 15.9 Å². The van der Waals surface area contributed by atoms with E-state index in [1.165, 1.54) is 30.7 Å². The van der Waals surface area contributed by atoms with Crippen LogP contribution in [0.1, 0.15) is 19.3 Å². The summed E-state index contributed by atoms with van der Waals surface area (Å²) >= 11 is 0. The molecule has 0 spiro atoms. The van der Waals surface area contributed by atoms with Crippen molar-refractivity contribution in [1.82, 2.24) is 9.62 Å². The molecule has 27 heavy (non-hydrogen) atoms. The number of ether oxygens (including phenoxy) is 3. The zero-order valence-corrected chi connectivity index (χ0v) is 16.9. The van der Waals surface area contributed by atoms with E-state index in [1.54, 1.807) is 13.2 Å². The van der Waals surface area contributed by atoms with Crippen molar-refractivity contribution in [1.29, 1.82) is 0 Å². The van der Waals surface area contributed by atoms with Crippen molar-refractivity contribution in [3.63, 3.8) is 0 Å². The van der Waals surface area contributed by atoms with E-state index in [0.29, 0.717) is 44.0 Å². The second kappa shape index (κ2) is 9.91. The first-order valence-electron chi connectivity index (χ1n) is 8.93. The third kappa shape index (κ3) is 5.33. The smallest absolute Gasteiger partial charge is 0.243 e. The van der Waals surface area contributed by atoms with Gasteiger partial charge in [-0.05, 0) is 31.4 Å². The average molecular weight is 400 g/mol. The highest BCUT2D eigenvalue weighted by molar-refractivity contribution is 7.89. The summed E-state index contributed by atoms with van der Waals surface area (Å²) in [7, 11) is 0.844. The number of hydrogen-bond donors (Lipinski definition) is 1. The summed E-state index contributed by atoms with van der Waals surface area (Å²) in [6.45, 7) is 1.66. The highest BCUT2D eigenvalue weighted by Crippen LogP contribution is 2.32. The molecule has 1 aromatic carbocycles. The highest BCUT2D eigenvalue weighted by Gasteiger charge is 2.33. The molecular weight excluding hydrogens is 372 g/mol. The summed E-state index contributed by atoms with van der Waals surface area (Å²) in [5.74, 6) is 0.348. The Kier molecular flexibility index (Phi) is 7.88. The fourth-order valence-electron chi connectivity index (χ4n) is 3.07. The zero-order chi connectivity index (χ0) is 19.9. The maximum atomic E-state index is 13.0. The van der Waals surface area contributed by atoms with Gasteiger partial charge in [0.25, 0.3) is 0 Å². The second-order valence-electron chi connectivity index (χ2n) is 6.36. The van der Waals surface area contributed by atoms with Crippen LogP contribution in [0.15, 0.2) is 23.1 Å². The van der Waals surface area contributed by atoms with E-state index in [9.17, 15) is 13.2 Å². The van der Waals surface area contributed by atoms with Crippen molar-refractivity contribution in [2.75, 3.05) is 47.6 Å². The van der Waals surface area contributed by atoms with Crippen LogP contribution in [0.3, 0.4) is 0 Å². The first-order chi connectivity index (χ1) is 12.9. The summed E-state index contributed by atoms with van der Waals surface area (Å²) in [5, 5.41) is 2.86. The lowest BCUT2D eigenvalue weighted by Gasteiger charge is -2.31. The third-order valence-corrected chi connectivity index (χ3v) is 6.43. The van der Waals surface area contributed by atoms with Crippen LogP contribution in [0.25, 0.3) is 0 Å². The van der Waals surface area contributed by atoms with Gasteiger partial charge in [0.05, 0.1) is 25.0 Å². The molecule has 1 heterocycles. The van der Waals surface area contributed by atoms with E-state index in [2.05, 4.69) is 5.32 Å². The van der Waals surface area contributed by atoms with Crippen LogP contribution in [-0.2, 0) is 19.6 Å². The summed E-state index contributed by atoms with van der Waals surface area (Å²) in [6.07, 6.45) is 2.04. The number of rotatable bonds is 9. The van der Waals surface area contributed by atoms with Crippen LogP contribution in [-0.4, -0.2) is 66.2 Å². The lowest BCUT2D eigenvalue weighted by molar-refractivity contribution is -0.126. The van der Waals surface area contributed by atoms with Gasteiger partial charge in [-0.3, -0.25) is 4.79 Å². The first-order valence-corrected chi connectivity index (χ1v) is 10.4. The largest absolute Gasteiger partial charge is 0.493 e. The number of nitrogens with one attached hydrogen (secondary N) is 1. The SMILES string of the molecule is COCCCNC(=O)[C@H]1CCCN(S(=O)(=O)c2ccc(OC)c(OC)c2)C1. The molecular formula is C18H28N2O6S. The fraction of sp³-hybridized carbons (Fsp3) is 0.611. The van der Waals surface area contributed by atoms with Gasteiger partial charge in [0.2, 0.25) is 15.9 Å². The highest BCUT2D eigenvalue weighted by atomic mass is 32.2. The molecule has 1 amide bonds. The molecule has 1 aromatic rings. The molecule has 0 bridgehead atoms. The number of amides is 1. The number of piperidine rings is 1. The Morgan fingerprint density at radius 1 is 1.22 bits per heavy atom. The standard InChI is InChI=1S/C18H28N2O6S/c1-24-11-5-9-19-18(21)14-6-4-10-20(13-14)27(22,23)15-7-8-16(25-2)17(12-15)26-3/h7-8,12,14H,4-6,9-11,13H2,1-3H3,(H,19,21)/t14-/m0/s1. The molecule has 8 nitrogen and oxygen atoms in total. The van der Waals surface area contributed by atoms with E-state index in [4.69, 9.17) is 14.2 Å². The van der Waals surface area contributed by atoms with Crippen molar-refractivity contribution in [3.8, 4) is 11.5 Å². The predicted molar refractivity (Wildman–Crippen MR) is 101 cm³/mol. The lowest BCUT2D eigenvalue weighted by Crippen LogP contribution is -2.45. The van der Waals surface area contributed by atoms with E-state index in [0.717, 1.165) is 6.42 Å². The Bertz CT molecular complexity index is 737. The molecule has 1 saturated heterocycles. The summed E-state index contributed by atoms with van der Waals surface area (Å²) in [5.41, 5.74) is 0. The van der Waals surface area contributed by atoms with Gasteiger partial charge in [0, 0.05) is 39.4 Å². The van der Waals surface area contributed by atoms with E-state index in [1.807, 2.05) is 0 Å². The summed E-state index contributed by atoms with van der Waals surface area (Å²) < 4.78 is 42.7. The number of hydrogen-bond acceptors (Lipinski definition) is 6. The van der Waals surface area contributed by atoms with Gasteiger partial charge in [-0.1, -0.05) is 0 Å². The van der Waals surface area contributed by atoms with Gasteiger partial charge in [-0.15, -0.1) is 0 Å². The Balaban J connectivity index is 2.08. The van der Waals surface area contributed by atoms with Gasteiger partial charge in [-0.2, -0.15) is 4.31 Å². The number of carbonyl (C=O) groups excluding carboxylic acids is 1. The first kappa shape index (κ1) is 21.5. The van der Waals surface area contributed by atoms with Crippen molar-refractivity contribution in [2.45, 2.75) is 24.2 Å². The van der Waals surface area contributed by atoms with Crippen LogP contribution in [0.5, 0.6) is 11.5 Å². The molecule has 9 heteroatoms. The second-order valence-corrected chi connectivity index (χ2v) is 8.29. The Hall–Kier alpha value is -1.84. The molecule has 0 radical (unpaired) electrons. The topological polar surface area (TPSA) is 94.2 Å². The number of benzene rings is 1. The van der Waals surface area contributed by atoms with Crippen LogP contribution in [0.4, 0.5) is 0 Å². The number of sulfonamides is 1. The molecule has 1 N–H and O–H groups in total. The van der Waals surface area contributed by atoms with Crippen molar-refractivity contribution in [2.24, 2.45) is 5.92 Å². The number of methoxy groups -OCH3 is 3. The Morgan fingerprint density at radius 3 is 2.63 bits per heavy atom. The Labute approximate surface area is 160 Å². The van der Waals surface area contributed by atoms with E-state index < -0.39 is 10.0 Å². The molecule has 1 aliphatic heterocycles. The molecule has 1 fully saturated rings. The van der Waals surface area contributed by atoms with Gasteiger partial charge >= 0.3 is 0 Å². The van der Waals surface area contributed by atoms with Crippen LogP contribution in [0, 0.1) is 5.92 Å².